The monoisotopic (exact) mass is 539 g/mol. The molecule has 1 aliphatic heterocycles. The van der Waals surface area contributed by atoms with Gasteiger partial charge in [-0.1, -0.05) is 79.2 Å². The molecular formula is C33H37N3O4. The van der Waals surface area contributed by atoms with E-state index in [4.69, 9.17) is 0 Å². The molecule has 4 rings (SSSR count). The lowest BCUT2D eigenvalue weighted by Gasteiger charge is -2.32. The molecule has 0 bridgehead atoms. The van der Waals surface area contributed by atoms with Gasteiger partial charge in [0, 0.05) is 32.0 Å². The molecule has 40 heavy (non-hydrogen) atoms. The van der Waals surface area contributed by atoms with Gasteiger partial charge in [-0.25, -0.2) is 0 Å². The summed E-state index contributed by atoms with van der Waals surface area (Å²) in [4.78, 5) is 55.8. The van der Waals surface area contributed by atoms with Crippen LogP contribution in [0.25, 0.3) is 0 Å². The molecule has 0 fully saturated rings. The van der Waals surface area contributed by atoms with Crippen LogP contribution in [0.3, 0.4) is 0 Å². The van der Waals surface area contributed by atoms with Crippen LogP contribution in [-0.4, -0.2) is 52.1 Å². The highest BCUT2D eigenvalue weighted by Crippen LogP contribution is 2.23. The number of rotatable bonds is 12. The van der Waals surface area contributed by atoms with E-state index in [-0.39, 0.29) is 49.2 Å². The summed E-state index contributed by atoms with van der Waals surface area (Å²) in [5.74, 6) is -1.06. The average molecular weight is 540 g/mol. The Hall–Kier alpha value is -4.26. The van der Waals surface area contributed by atoms with Gasteiger partial charge >= 0.3 is 0 Å². The Balaban J connectivity index is 1.54. The van der Waals surface area contributed by atoms with E-state index < -0.39 is 6.04 Å². The molecule has 0 unspecified atom stereocenters. The van der Waals surface area contributed by atoms with Crippen LogP contribution in [0, 0.1) is 6.92 Å². The summed E-state index contributed by atoms with van der Waals surface area (Å²) in [5.41, 5.74) is 3.78. The van der Waals surface area contributed by atoms with Crippen molar-refractivity contribution in [1.29, 1.82) is 0 Å². The lowest BCUT2D eigenvalue weighted by molar-refractivity contribution is -0.141. The summed E-state index contributed by atoms with van der Waals surface area (Å²) in [5, 5.41) is 3.07. The summed E-state index contributed by atoms with van der Waals surface area (Å²) >= 11 is 0. The molecule has 0 aromatic heterocycles. The number of nitrogens with one attached hydrogen (secondary N) is 1. The van der Waals surface area contributed by atoms with Gasteiger partial charge in [0.15, 0.2) is 0 Å². The van der Waals surface area contributed by atoms with Gasteiger partial charge in [0.25, 0.3) is 11.8 Å². The molecular weight excluding hydrogens is 502 g/mol. The molecule has 208 valence electrons. The average Bonchev–Trinajstić information content (AvgIpc) is 3.21. The van der Waals surface area contributed by atoms with Gasteiger partial charge in [-0.05, 0) is 49.9 Å². The molecule has 0 spiro atoms. The molecule has 0 saturated heterocycles. The highest BCUT2D eigenvalue weighted by molar-refractivity contribution is 6.21. The molecule has 7 nitrogen and oxygen atoms in total. The van der Waals surface area contributed by atoms with Crippen LogP contribution in [0.15, 0.2) is 78.9 Å². The highest BCUT2D eigenvalue weighted by atomic mass is 16.2. The first-order valence-electron chi connectivity index (χ1n) is 13.9. The third-order valence-corrected chi connectivity index (χ3v) is 7.40. The number of fused-ring (bicyclic) bond motifs is 1. The lowest BCUT2D eigenvalue weighted by Crippen LogP contribution is -2.52. The standard InChI is InChI=1S/C33H37N3O4/c1-4-24(3)34-31(38)29(21-25-11-6-5-7-12-25)36(22-26-18-16-23(2)17-19-26)30(37)15-10-20-35-32(39)27-13-8-9-14-28(27)33(35)40/h5-9,11-14,16-19,24,29H,4,10,15,20-22H2,1-3H3,(H,34,38)/t24-,29-/m1/s1. The number of carbonyl (C=O) groups is 4. The molecule has 0 radical (unpaired) electrons. The van der Waals surface area contributed by atoms with Gasteiger partial charge in [-0.2, -0.15) is 0 Å². The fourth-order valence-corrected chi connectivity index (χ4v) is 4.86. The maximum Gasteiger partial charge on any atom is 0.261 e. The van der Waals surface area contributed by atoms with E-state index in [1.165, 1.54) is 4.90 Å². The Morgan fingerprint density at radius 1 is 0.850 bits per heavy atom. The fraction of sp³-hybridized carbons (Fsp3) is 0.333. The Morgan fingerprint density at radius 2 is 1.45 bits per heavy atom. The molecule has 3 aromatic rings. The van der Waals surface area contributed by atoms with E-state index in [1.54, 1.807) is 29.2 Å². The number of aryl methyl sites for hydroxylation is 1. The second kappa shape index (κ2) is 13.2. The molecule has 2 atom stereocenters. The Morgan fingerprint density at radius 3 is 2.05 bits per heavy atom. The third kappa shape index (κ3) is 6.84. The van der Waals surface area contributed by atoms with Gasteiger partial charge in [0.1, 0.15) is 6.04 Å². The highest BCUT2D eigenvalue weighted by Gasteiger charge is 2.35. The molecule has 0 saturated carbocycles. The molecule has 3 aromatic carbocycles. The van der Waals surface area contributed by atoms with Crippen LogP contribution in [0.5, 0.6) is 0 Å². The fourth-order valence-electron chi connectivity index (χ4n) is 4.86. The first kappa shape index (κ1) is 28.7. The van der Waals surface area contributed by atoms with Gasteiger partial charge in [0.2, 0.25) is 11.8 Å². The zero-order valence-electron chi connectivity index (χ0n) is 23.4. The number of imide groups is 1. The zero-order valence-corrected chi connectivity index (χ0v) is 23.4. The topological polar surface area (TPSA) is 86.8 Å². The van der Waals surface area contributed by atoms with Crippen molar-refractivity contribution in [3.05, 3.63) is 107 Å². The van der Waals surface area contributed by atoms with Crippen LogP contribution in [0.2, 0.25) is 0 Å². The van der Waals surface area contributed by atoms with Crippen molar-refractivity contribution in [1.82, 2.24) is 15.1 Å². The van der Waals surface area contributed by atoms with Crippen LogP contribution < -0.4 is 5.32 Å². The number of amides is 4. The Bertz CT molecular complexity index is 1320. The van der Waals surface area contributed by atoms with Gasteiger partial charge < -0.3 is 10.2 Å². The molecule has 7 heteroatoms. The van der Waals surface area contributed by atoms with Crippen LogP contribution in [0.4, 0.5) is 0 Å². The second-order valence-electron chi connectivity index (χ2n) is 10.4. The third-order valence-electron chi connectivity index (χ3n) is 7.40. The number of hydrogen-bond acceptors (Lipinski definition) is 4. The van der Waals surface area contributed by atoms with E-state index in [1.807, 2.05) is 75.4 Å². The summed E-state index contributed by atoms with van der Waals surface area (Å²) in [6.07, 6.45) is 1.55. The van der Waals surface area contributed by atoms with Crippen LogP contribution >= 0.6 is 0 Å². The first-order valence-corrected chi connectivity index (χ1v) is 13.9. The van der Waals surface area contributed by atoms with Crippen LogP contribution in [-0.2, 0) is 22.6 Å². The SMILES string of the molecule is CC[C@@H](C)NC(=O)[C@@H](Cc1ccccc1)N(Cc1ccc(C)cc1)C(=O)CCCN1C(=O)c2ccccc2C1=O. The zero-order chi connectivity index (χ0) is 28.6. The predicted octanol–water partition coefficient (Wildman–Crippen LogP) is 4.93. The molecule has 4 amide bonds. The van der Waals surface area contributed by atoms with Crippen LogP contribution in [0.1, 0.15) is 70.5 Å². The smallest absolute Gasteiger partial charge is 0.261 e. The van der Waals surface area contributed by atoms with Crippen molar-refractivity contribution >= 4 is 23.6 Å². The minimum absolute atomic E-state index is 0.0316. The second-order valence-corrected chi connectivity index (χ2v) is 10.4. The van der Waals surface area contributed by atoms with Gasteiger partial charge in [-0.15, -0.1) is 0 Å². The number of benzene rings is 3. The van der Waals surface area contributed by atoms with Crippen molar-refractivity contribution in [3.8, 4) is 0 Å². The maximum atomic E-state index is 13.8. The first-order chi connectivity index (χ1) is 19.3. The van der Waals surface area contributed by atoms with Crippen molar-refractivity contribution in [2.24, 2.45) is 0 Å². The van der Waals surface area contributed by atoms with Crippen molar-refractivity contribution in [2.75, 3.05) is 6.54 Å². The van der Waals surface area contributed by atoms with Crippen molar-refractivity contribution < 1.29 is 19.2 Å². The van der Waals surface area contributed by atoms with E-state index in [0.29, 0.717) is 24.0 Å². The van der Waals surface area contributed by atoms with Crippen molar-refractivity contribution in [3.63, 3.8) is 0 Å². The predicted molar refractivity (Wildman–Crippen MR) is 155 cm³/mol. The summed E-state index contributed by atoms with van der Waals surface area (Å²) < 4.78 is 0. The molecule has 1 heterocycles. The maximum absolute atomic E-state index is 13.8. The quantitative estimate of drug-likeness (QED) is 0.331. The van der Waals surface area contributed by atoms with Crippen molar-refractivity contribution in [2.45, 2.75) is 65.1 Å². The summed E-state index contributed by atoms with van der Waals surface area (Å²) in [6.45, 7) is 6.37. The minimum Gasteiger partial charge on any atom is -0.352 e. The minimum atomic E-state index is -0.718. The largest absolute Gasteiger partial charge is 0.352 e. The summed E-state index contributed by atoms with van der Waals surface area (Å²) in [7, 11) is 0. The normalized spacial score (nSPS) is 14.0. The molecule has 1 N–H and O–H groups in total. The number of hydrogen-bond donors (Lipinski definition) is 1. The van der Waals surface area contributed by atoms with E-state index in [9.17, 15) is 19.2 Å². The van der Waals surface area contributed by atoms with E-state index in [2.05, 4.69) is 5.32 Å². The summed E-state index contributed by atoms with van der Waals surface area (Å²) in [6, 6.07) is 23.6. The number of nitrogens with zero attached hydrogens (tertiary/aromatic N) is 2. The number of carbonyl (C=O) groups excluding carboxylic acids is 4. The van der Waals surface area contributed by atoms with E-state index in [0.717, 1.165) is 23.1 Å². The Kier molecular flexibility index (Phi) is 9.48. The van der Waals surface area contributed by atoms with Gasteiger partial charge in [0.05, 0.1) is 11.1 Å². The lowest BCUT2D eigenvalue weighted by atomic mass is 10.0. The molecule has 1 aliphatic rings. The Labute approximate surface area is 236 Å². The molecule has 0 aliphatic carbocycles. The van der Waals surface area contributed by atoms with Gasteiger partial charge in [-0.3, -0.25) is 24.1 Å². The van der Waals surface area contributed by atoms with E-state index >= 15 is 0 Å².